The number of phosphoric ester groups is 1. The van der Waals surface area contributed by atoms with Gasteiger partial charge in [-0.05, 0) is 0 Å². The van der Waals surface area contributed by atoms with E-state index in [1.165, 1.54) is 0 Å². The maximum atomic E-state index is 10.3. The van der Waals surface area contributed by atoms with E-state index < -0.39 is 24.6 Å². The highest BCUT2D eigenvalue weighted by atomic mass is 32.2. The number of hydrogen-bond donors (Lipinski definition) is 4. The molecule has 1 aliphatic heterocycles. The van der Waals surface area contributed by atoms with E-state index in [1.54, 1.807) is 0 Å². The highest BCUT2D eigenvalue weighted by molar-refractivity contribution is 8.00. The Labute approximate surface area is 79.2 Å². The fourth-order valence-corrected chi connectivity index (χ4v) is 2.63. The Morgan fingerprint density at radius 1 is 1.46 bits per heavy atom. The molecule has 0 amide bonds. The maximum absolute atomic E-state index is 10.3. The maximum Gasteiger partial charge on any atom is 0.469 e. The minimum Gasteiger partial charge on any atom is -0.392 e. The second kappa shape index (κ2) is 4.27. The molecule has 0 aromatic carbocycles. The minimum absolute atomic E-state index is 0.208. The van der Waals surface area contributed by atoms with Gasteiger partial charge in [-0.2, -0.15) is 0 Å². The highest BCUT2D eigenvalue weighted by Crippen LogP contribution is 2.39. The number of thioether (sulfide) groups is 1. The molecule has 0 radical (unpaired) electrons. The molecule has 1 aliphatic rings. The summed E-state index contributed by atoms with van der Waals surface area (Å²) < 4.78 is 14.5. The van der Waals surface area contributed by atoms with Crippen molar-refractivity contribution in [2.75, 3.05) is 6.61 Å². The lowest BCUT2D eigenvalue weighted by Crippen LogP contribution is -2.22. The van der Waals surface area contributed by atoms with Crippen LogP contribution in [-0.4, -0.2) is 43.4 Å². The van der Waals surface area contributed by atoms with Gasteiger partial charge < -0.3 is 20.0 Å². The average Bonchev–Trinajstić information content (AvgIpc) is 2.24. The predicted molar refractivity (Wildman–Crippen MR) is 46.0 cm³/mol. The summed E-state index contributed by atoms with van der Waals surface area (Å²) in [4.78, 5) is 16.7. The Balaban J connectivity index is 2.34. The number of aliphatic hydroxyl groups is 2. The van der Waals surface area contributed by atoms with Crippen LogP contribution in [0.1, 0.15) is 6.42 Å². The van der Waals surface area contributed by atoms with Gasteiger partial charge in [0.2, 0.25) is 0 Å². The van der Waals surface area contributed by atoms with Crippen molar-refractivity contribution in [1.29, 1.82) is 0 Å². The summed E-state index contributed by atoms with van der Waals surface area (Å²) in [5.74, 6) is 0. The molecule has 1 heterocycles. The van der Waals surface area contributed by atoms with Gasteiger partial charge in [0.05, 0.1) is 18.0 Å². The Kier molecular flexibility index (Phi) is 3.76. The van der Waals surface area contributed by atoms with Crippen LogP contribution in [0.5, 0.6) is 0 Å². The molecule has 0 aromatic rings. The van der Waals surface area contributed by atoms with Crippen molar-refractivity contribution in [1.82, 2.24) is 0 Å². The Hall–Kier alpha value is 0.380. The van der Waals surface area contributed by atoms with Gasteiger partial charge in [0.15, 0.2) is 0 Å². The lowest BCUT2D eigenvalue weighted by molar-refractivity contribution is 0.113. The van der Waals surface area contributed by atoms with Crippen molar-refractivity contribution in [3.63, 3.8) is 0 Å². The van der Waals surface area contributed by atoms with E-state index in [9.17, 15) is 9.67 Å². The van der Waals surface area contributed by atoms with Gasteiger partial charge in [-0.3, -0.25) is 4.52 Å². The van der Waals surface area contributed by atoms with Gasteiger partial charge in [-0.15, -0.1) is 11.8 Å². The monoisotopic (exact) mass is 230 g/mol. The van der Waals surface area contributed by atoms with E-state index in [0.717, 1.165) is 11.8 Å². The third kappa shape index (κ3) is 3.95. The third-order valence-electron chi connectivity index (χ3n) is 1.61. The molecule has 4 N–H and O–H groups in total. The van der Waals surface area contributed by atoms with Crippen LogP contribution in [-0.2, 0) is 9.09 Å². The molecule has 3 atom stereocenters. The molecule has 0 aromatic heterocycles. The van der Waals surface area contributed by atoms with Crippen LogP contribution in [0.3, 0.4) is 0 Å². The summed E-state index contributed by atoms with van der Waals surface area (Å²) in [5.41, 5.74) is -0.680. The first-order valence-corrected chi connectivity index (χ1v) is 6.07. The Bertz CT molecular complexity index is 217. The molecule has 0 spiro atoms. The van der Waals surface area contributed by atoms with E-state index in [1.807, 2.05) is 0 Å². The Morgan fingerprint density at radius 3 is 2.46 bits per heavy atom. The van der Waals surface area contributed by atoms with Gasteiger partial charge >= 0.3 is 7.82 Å². The van der Waals surface area contributed by atoms with Crippen molar-refractivity contribution >= 4 is 19.6 Å². The molecule has 1 saturated heterocycles. The van der Waals surface area contributed by atoms with Gasteiger partial charge in [0, 0.05) is 6.42 Å². The zero-order chi connectivity index (χ0) is 10.1. The van der Waals surface area contributed by atoms with Crippen LogP contribution in [0, 0.1) is 0 Å². The zero-order valence-electron chi connectivity index (χ0n) is 6.61. The summed E-state index contributed by atoms with van der Waals surface area (Å²) in [6.45, 7) is -0.257. The first kappa shape index (κ1) is 11.5. The van der Waals surface area contributed by atoms with Crippen LogP contribution in [0.15, 0.2) is 0 Å². The van der Waals surface area contributed by atoms with Gasteiger partial charge in [0.1, 0.15) is 5.44 Å². The van der Waals surface area contributed by atoms with Crippen LogP contribution in [0.4, 0.5) is 0 Å². The number of hydrogen-bond acceptors (Lipinski definition) is 5. The number of rotatable bonds is 3. The van der Waals surface area contributed by atoms with Crippen molar-refractivity contribution in [3.8, 4) is 0 Å². The summed E-state index contributed by atoms with van der Waals surface area (Å²) >= 11 is 1.05. The molecular formula is C5H11O6PS. The summed E-state index contributed by atoms with van der Waals surface area (Å²) in [5, 5.41) is 17.8. The largest absolute Gasteiger partial charge is 0.469 e. The van der Waals surface area contributed by atoms with E-state index in [-0.39, 0.29) is 13.0 Å². The van der Waals surface area contributed by atoms with Crippen LogP contribution >= 0.6 is 19.6 Å². The molecule has 6 nitrogen and oxygen atoms in total. The molecule has 13 heavy (non-hydrogen) atoms. The molecule has 0 aliphatic carbocycles. The van der Waals surface area contributed by atoms with Crippen molar-refractivity contribution in [2.45, 2.75) is 23.2 Å². The minimum atomic E-state index is -4.47. The molecule has 1 fully saturated rings. The smallest absolute Gasteiger partial charge is 0.392 e. The molecule has 0 bridgehead atoms. The molecular weight excluding hydrogens is 219 g/mol. The van der Waals surface area contributed by atoms with E-state index >= 15 is 0 Å². The molecule has 0 unspecified atom stereocenters. The molecule has 8 heteroatoms. The van der Waals surface area contributed by atoms with Crippen LogP contribution in [0.25, 0.3) is 0 Å². The lowest BCUT2D eigenvalue weighted by Gasteiger charge is -2.13. The number of phosphoric acid groups is 1. The second-order valence-electron chi connectivity index (χ2n) is 2.72. The SMILES string of the molecule is O=P(O)(O)OC[C@H]1S[C@H](O)C[C@@H]1O. The van der Waals surface area contributed by atoms with Gasteiger partial charge in [0.25, 0.3) is 0 Å². The standard InChI is InChI=1S/C5H11O6PS/c6-3-1-5(7)13-4(3)2-11-12(8,9)10/h3-7H,1-2H2,(H2,8,9,10)/t3-,4+,5-/m0/s1. The quantitative estimate of drug-likeness (QED) is 0.474. The topological polar surface area (TPSA) is 107 Å². The fourth-order valence-electron chi connectivity index (χ4n) is 1.03. The number of aliphatic hydroxyl groups excluding tert-OH is 2. The normalized spacial score (nSPS) is 35.2. The van der Waals surface area contributed by atoms with Crippen molar-refractivity contribution in [3.05, 3.63) is 0 Å². The average molecular weight is 230 g/mol. The first-order chi connectivity index (χ1) is 5.88. The summed E-state index contributed by atoms with van der Waals surface area (Å²) in [6.07, 6.45) is -0.564. The van der Waals surface area contributed by atoms with E-state index in [4.69, 9.17) is 14.9 Å². The van der Waals surface area contributed by atoms with Gasteiger partial charge in [-0.1, -0.05) is 0 Å². The zero-order valence-corrected chi connectivity index (χ0v) is 8.32. The molecule has 78 valence electrons. The fraction of sp³-hybridized carbons (Fsp3) is 1.00. The third-order valence-corrected chi connectivity index (χ3v) is 3.40. The molecule has 1 rings (SSSR count). The summed E-state index contributed by atoms with van der Waals surface area (Å²) in [6, 6.07) is 0. The van der Waals surface area contributed by atoms with Crippen LogP contribution < -0.4 is 0 Å². The summed E-state index contributed by atoms with van der Waals surface area (Å²) in [7, 11) is -4.47. The van der Waals surface area contributed by atoms with Crippen molar-refractivity contribution < 1.29 is 29.1 Å². The Morgan fingerprint density at radius 2 is 2.08 bits per heavy atom. The van der Waals surface area contributed by atoms with E-state index in [2.05, 4.69) is 4.52 Å². The lowest BCUT2D eigenvalue weighted by atomic mass is 10.2. The molecule has 0 saturated carbocycles. The highest BCUT2D eigenvalue weighted by Gasteiger charge is 2.34. The van der Waals surface area contributed by atoms with E-state index in [0.29, 0.717) is 0 Å². The first-order valence-electron chi connectivity index (χ1n) is 3.60. The van der Waals surface area contributed by atoms with Gasteiger partial charge in [-0.25, -0.2) is 4.57 Å². The predicted octanol–water partition coefficient (Wildman–Crippen LogP) is -0.720. The second-order valence-corrected chi connectivity index (χ2v) is 5.38. The van der Waals surface area contributed by atoms with Crippen LogP contribution in [0.2, 0.25) is 0 Å². The van der Waals surface area contributed by atoms with Crippen molar-refractivity contribution in [2.24, 2.45) is 0 Å².